The summed E-state index contributed by atoms with van der Waals surface area (Å²) in [5.74, 6) is 0.717. The van der Waals surface area contributed by atoms with Crippen molar-refractivity contribution in [1.82, 2.24) is 10.4 Å². The first-order valence-corrected chi connectivity index (χ1v) is 6.20. The Labute approximate surface area is 111 Å². The fourth-order valence-corrected chi connectivity index (χ4v) is 2.15. The third kappa shape index (κ3) is 2.27. The Morgan fingerprint density at radius 2 is 1.47 bits per heavy atom. The first kappa shape index (κ1) is 11.7. The second-order valence-electron chi connectivity index (χ2n) is 4.69. The van der Waals surface area contributed by atoms with Gasteiger partial charge in [0.15, 0.2) is 5.76 Å². The maximum atomic E-state index is 5.34. The van der Waals surface area contributed by atoms with Gasteiger partial charge in [0, 0.05) is 16.4 Å². The normalized spacial score (nSPS) is 10.6. The molecular weight excluding hydrogens is 236 g/mol. The van der Waals surface area contributed by atoms with Crippen LogP contribution in [0.25, 0.3) is 22.6 Å². The van der Waals surface area contributed by atoms with E-state index in [9.17, 15) is 0 Å². The summed E-state index contributed by atoms with van der Waals surface area (Å²) in [7, 11) is 0. The smallest absolute Gasteiger partial charge is 0.195 e. The molecule has 0 bridgehead atoms. The second-order valence-corrected chi connectivity index (χ2v) is 4.69. The molecule has 94 valence electrons. The molecule has 3 rings (SSSR count). The number of nitrogens with zero attached hydrogens (tertiary/aromatic N) is 2. The van der Waals surface area contributed by atoms with E-state index in [0.29, 0.717) is 5.76 Å². The number of rotatable bonds is 2. The molecule has 3 heteroatoms. The van der Waals surface area contributed by atoms with Crippen molar-refractivity contribution in [2.75, 3.05) is 0 Å². The van der Waals surface area contributed by atoms with Gasteiger partial charge in [-0.2, -0.15) is 0 Å². The molecule has 1 aromatic heterocycles. The van der Waals surface area contributed by atoms with Crippen molar-refractivity contribution in [3.05, 3.63) is 59.7 Å². The van der Waals surface area contributed by atoms with Crippen molar-refractivity contribution < 1.29 is 4.52 Å². The van der Waals surface area contributed by atoms with Crippen LogP contribution < -0.4 is 0 Å². The average molecular weight is 250 g/mol. The zero-order chi connectivity index (χ0) is 13.2. The van der Waals surface area contributed by atoms with Gasteiger partial charge >= 0.3 is 0 Å². The summed E-state index contributed by atoms with van der Waals surface area (Å²) in [6.45, 7) is 4.11. The molecule has 0 fully saturated rings. The van der Waals surface area contributed by atoms with E-state index in [-0.39, 0.29) is 0 Å². The summed E-state index contributed by atoms with van der Waals surface area (Å²) in [6, 6.07) is 16.3. The van der Waals surface area contributed by atoms with Crippen LogP contribution in [0.3, 0.4) is 0 Å². The van der Waals surface area contributed by atoms with Crippen LogP contribution >= 0.6 is 0 Å². The highest BCUT2D eigenvalue weighted by Crippen LogP contribution is 2.30. The van der Waals surface area contributed by atoms with Crippen LogP contribution in [0.15, 0.2) is 53.1 Å². The highest BCUT2D eigenvalue weighted by Gasteiger charge is 2.14. The molecule has 0 saturated heterocycles. The SMILES string of the molecule is Cc1cccc(-c2nnoc2-c2cccc(C)c2)c1. The van der Waals surface area contributed by atoms with Crippen molar-refractivity contribution in [2.45, 2.75) is 13.8 Å². The standard InChI is InChI=1S/C16H14N2O/c1-11-5-3-7-13(9-11)15-16(19-18-17-15)14-8-4-6-12(2)10-14/h3-10H,1-2H3. The molecule has 2 aromatic carbocycles. The molecule has 0 atom stereocenters. The van der Waals surface area contributed by atoms with Crippen molar-refractivity contribution in [3.63, 3.8) is 0 Å². The Morgan fingerprint density at radius 3 is 2.16 bits per heavy atom. The third-order valence-corrected chi connectivity index (χ3v) is 3.06. The van der Waals surface area contributed by atoms with Gasteiger partial charge in [-0.3, -0.25) is 0 Å². The highest BCUT2D eigenvalue weighted by molar-refractivity contribution is 5.76. The fourth-order valence-electron chi connectivity index (χ4n) is 2.15. The maximum absolute atomic E-state index is 5.34. The molecule has 0 saturated carbocycles. The van der Waals surface area contributed by atoms with Crippen LogP contribution in [-0.4, -0.2) is 10.4 Å². The Balaban J connectivity index is 2.13. The summed E-state index contributed by atoms with van der Waals surface area (Å²) >= 11 is 0. The van der Waals surface area contributed by atoms with E-state index >= 15 is 0 Å². The molecule has 0 aliphatic carbocycles. The van der Waals surface area contributed by atoms with Crippen molar-refractivity contribution in [1.29, 1.82) is 0 Å². The number of aryl methyl sites for hydroxylation is 2. The molecule has 0 aliphatic rings. The van der Waals surface area contributed by atoms with E-state index in [4.69, 9.17) is 4.52 Å². The number of hydrogen-bond acceptors (Lipinski definition) is 3. The van der Waals surface area contributed by atoms with Crippen LogP contribution in [0.1, 0.15) is 11.1 Å². The van der Waals surface area contributed by atoms with Gasteiger partial charge in [-0.1, -0.05) is 47.5 Å². The summed E-state index contributed by atoms with van der Waals surface area (Å²) in [5.41, 5.74) is 5.19. The quantitative estimate of drug-likeness (QED) is 0.689. The van der Waals surface area contributed by atoms with Gasteiger partial charge in [-0.05, 0) is 26.0 Å². The largest absolute Gasteiger partial charge is 0.336 e. The summed E-state index contributed by atoms with van der Waals surface area (Å²) in [6.07, 6.45) is 0. The molecule has 3 nitrogen and oxygen atoms in total. The molecule has 19 heavy (non-hydrogen) atoms. The molecule has 0 unspecified atom stereocenters. The summed E-state index contributed by atoms with van der Waals surface area (Å²) in [5, 5.41) is 7.83. The van der Waals surface area contributed by atoms with E-state index in [0.717, 1.165) is 16.8 Å². The van der Waals surface area contributed by atoms with E-state index in [1.807, 2.05) is 24.3 Å². The molecular formula is C16H14N2O. The average Bonchev–Trinajstić information content (AvgIpc) is 2.88. The van der Waals surface area contributed by atoms with Gasteiger partial charge in [-0.15, -0.1) is 5.10 Å². The van der Waals surface area contributed by atoms with Gasteiger partial charge in [-0.25, -0.2) is 0 Å². The van der Waals surface area contributed by atoms with E-state index in [1.165, 1.54) is 11.1 Å². The lowest BCUT2D eigenvalue weighted by atomic mass is 10.0. The zero-order valence-electron chi connectivity index (χ0n) is 10.9. The van der Waals surface area contributed by atoms with Crippen LogP contribution in [-0.2, 0) is 0 Å². The van der Waals surface area contributed by atoms with Crippen LogP contribution in [0, 0.1) is 13.8 Å². The van der Waals surface area contributed by atoms with Gasteiger partial charge < -0.3 is 4.52 Å². The minimum atomic E-state index is 0.717. The highest BCUT2D eigenvalue weighted by atomic mass is 16.5. The molecule has 0 N–H and O–H groups in total. The first-order valence-electron chi connectivity index (χ1n) is 6.20. The van der Waals surface area contributed by atoms with Crippen LogP contribution in [0.4, 0.5) is 0 Å². The summed E-state index contributed by atoms with van der Waals surface area (Å²) in [4.78, 5) is 0. The van der Waals surface area contributed by atoms with E-state index in [2.05, 4.69) is 48.5 Å². The van der Waals surface area contributed by atoms with Crippen molar-refractivity contribution >= 4 is 0 Å². The molecule has 0 radical (unpaired) electrons. The lowest BCUT2D eigenvalue weighted by Gasteiger charge is -2.02. The van der Waals surface area contributed by atoms with E-state index in [1.54, 1.807) is 0 Å². The first-order chi connectivity index (χ1) is 9.24. The van der Waals surface area contributed by atoms with E-state index < -0.39 is 0 Å². The molecule has 3 aromatic rings. The topological polar surface area (TPSA) is 38.9 Å². The number of hydrogen-bond donors (Lipinski definition) is 0. The van der Waals surface area contributed by atoms with Gasteiger partial charge in [0.1, 0.15) is 5.69 Å². The van der Waals surface area contributed by atoms with Crippen molar-refractivity contribution in [3.8, 4) is 22.6 Å². The number of benzene rings is 2. The monoisotopic (exact) mass is 250 g/mol. The van der Waals surface area contributed by atoms with Gasteiger partial charge in [0.25, 0.3) is 0 Å². The lowest BCUT2D eigenvalue weighted by Crippen LogP contribution is -1.84. The van der Waals surface area contributed by atoms with Crippen molar-refractivity contribution in [2.24, 2.45) is 0 Å². The van der Waals surface area contributed by atoms with Gasteiger partial charge in [0.2, 0.25) is 0 Å². The molecule has 0 amide bonds. The lowest BCUT2D eigenvalue weighted by molar-refractivity contribution is 0.403. The third-order valence-electron chi connectivity index (χ3n) is 3.06. The minimum absolute atomic E-state index is 0.717. The fraction of sp³-hybridized carbons (Fsp3) is 0.125. The Hall–Kier alpha value is -2.42. The maximum Gasteiger partial charge on any atom is 0.195 e. The number of aromatic nitrogens is 2. The molecule has 1 heterocycles. The van der Waals surface area contributed by atoms with Crippen LogP contribution in [0.5, 0.6) is 0 Å². The van der Waals surface area contributed by atoms with Gasteiger partial charge in [0.05, 0.1) is 0 Å². The molecule has 0 spiro atoms. The predicted octanol–water partition coefficient (Wildman–Crippen LogP) is 4.02. The Morgan fingerprint density at radius 1 is 0.842 bits per heavy atom. The van der Waals surface area contributed by atoms with Crippen LogP contribution in [0.2, 0.25) is 0 Å². The predicted molar refractivity (Wildman–Crippen MR) is 74.6 cm³/mol. The Bertz CT molecular complexity index is 656. The molecule has 0 aliphatic heterocycles. The zero-order valence-corrected chi connectivity index (χ0v) is 10.9. The summed E-state index contributed by atoms with van der Waals surface area (Å²) < 4.78 is 5.34. The Kier molecular flexibility index (Phi) is 2.88. The second kappa shape index (κ2) is 4.69. The minimum Gasteiger partial charge on any atom is -0.336 e.